The Hall–Kier alpha value is -2.20. The molecule has 0 saturated carbocycles. The topological polar surface area (TPSA) is 109 Å². The molecule has 0 unspecified atom stereocenters. The van der Waals surface area contributed by atoms with E-state index >= 15 is 0 Å². The van der Waals surface area contributed by atoms with Crippen LogP contribution in [-0.4, -0.2) is 61.6 Å². The third kappa shape index (κ3) is 4.02. The Balaban J connectivity index is 1.71. The zero-order valence-corrected chi connectivity index (χ0v) is 17.3. The van der Waals surface area contributed by atoms with Gasteiger partial charge in [-0.1, -0.05) is 71.9 Å². The van der Waals surface area contributed by atoms with Crippen molar-refractivity contribution in [3.05, 3.63) is 76.7 Å². The van der Waals surface area contributed by atoms with Gasteiger partial charge in [0.15, 0.2) is 5.17 Å². The molecule has 0 radical (unpaired) electrons. The fraction of sp³-hybridized carbons (Fsp3) is 0.318. The Kier molecular flexibility index (Phi) is 6.24. The lowest BCUT2D eigenvalue weighted by molar-refractivity contribution is -0.0988. The molecule has 0 amide bonds. The maximum absolute atomic E-state index is 10.9. The number of hydrogen-bond acceptors (Lipinski definition) is 8. The standard InChI is InChI=1S/C22H25N3O4S/c1-13-7-9-14(10-8-13)16-12-30-22-24-20(15-5-3-2-4-6-15)23-21(25(16)22)19(29)18(28)17(27)11-26/h2-10,12,17-21,23,26-29H,11H2,1H3/t17-,18-,19-,20-,21+/m1/s1. The highest BCUT2D eigenvalue weighted by molar-refractivity contribution is 8.16. The molecule has 0 fully saturated rings. The highest BCUT2D eigenvalue weighted by Gasteiger charge is 2.43. The van der Waals surface area contributed by atoms with Crippen LogP contribution >= 0.6 is 11.8 Å². The lowest BCUT2D eigenvalue weighted by atomic mass is 10.0. The summed E-state index contributed by atoms with van der Waals surface area (Å²) in [7, 11) is 0. The van der Waals surface area contributed by atoms with Gasteiger partial charge in [-0.05, 0) is 18.1 Å². The van der Waals surface area contributed by atoms with Crippen LogP contribution in [0.3, 0.4) is 0 Å². The third-order valence-electron chi connectivity index (χ3n) is 5.31. The molecule has 2 aliphatic rings. The summed E-state index contributed by atoms with van der Waals surface area (Å²) < 4.78 is 0. The van der Waals surface area contributed by atoms with Gasteiger partial charge in [0, 0.05) is 5.41 Å². The van der Waals surface area contributed by atoms with Crippen molar-refractivity contribution < 1.29 is 20.4 Å². The predicted octanol–water partition coefficient (Wildman–Crippen LogP) is 1.40. The number of benzene rings is 2. The van der Waals surface area contributed by atoms with Crippen molar-refractivity contribution in [2.24, 2.45) is 4.99 Å². The van der Waals surface area contributed by atoms with Gasteiger partial charge >= 0.3 is 0 Å². The van der Waals surface area contributed by atoms with E-state index in [0.717, 1.165) is 22.4 Å². The van der Waals surface area contributed by atoms with Crippen molar-refractivity contribution in [2.75, 3.05) is 6.61 Å². The minimum absolute atomic E-state index is 0.422. The van der Waals surface area contributed by atoms with Gasteiger partial charge < -0.3 is 25.3 Å². The van der Waals surface area contributed by atoms with Gasteiger partial charge in [0.25, 0.3) is 0 Å². The summed E-state index contributed by atoms with van der Waals surface area (Å²) in [5.41, 5.74) is 3.85. The summed E-state index contributed by atoms with van der Waals surface area (Å²) in [5, 5.41) is 46.4. The van der Waals surface area contributed by atoms with Gasteiger partial charge in [0.2, 0.25) is 0 Å². The molecule has 8 heteroatoms. The van der Waals surface area contributed by atoms with E-state index in [1.54, 1.807) is 0 Å². The van der Waals surface area contributed by atoms with Gasteiger partial charge in [-0.2, -0.15) is 0 Å². The first kappa shape index (κ1) is 21.0. The van der Waals surface area contributed by atoms with Crippen LogP contribution in [0.15, 0.2) is 65.0 Å². The second kappa shape index (κ2) is 8.89. The molecule has 0 saturated heterocycles. The summed E-state index contributed by atoms with van der Waals surface area (Å²) in [5.74, 6) is 0. The molecule has 2 heterocycles. The molecule has 158 valence electrons. The van der Waals surface area contributed by atoms with Gasteiger partial charge in [-0.15, -0.1) is 0 Å². The molecule has 5 atom stereocenters. The van der Waals surface area contributed by atoms with Crippen molar-refractivity contribution in [3.8, 4) is 0 Å². The van der Waals surface area contributed by atoms with Crippen LogP contribution in [0.1, 0.15) is 22.9 Å². The van der Waals surface area contributed by atoms with Crippen molar-refractivity contribution in [1.29, 1.82) is 0 Å². The molecule has 2 aromatic rings. The van der Waals surface area contributed by atoms with Gasteiger partial charge in [0.05, 0.1) is 12.3 Å². The largest absolute Gasteiger partial charge is 0.394 e. The van der Waals surface area contributed by atoms with Crippen LogP contribution in [0.25, 0.3) is 5.70 Å². The number of nitrogens with one attached hydrogen (secondary N) is 1. The van der Waals surface area contributed by atoms with Crippen molar-refractivity contribution in [1.82, 2.24) is 10.2 Å². The summed E-state index contributed by atoms with van der Waals surface area (Å²) in [6.45, 7) is 1.37. The molecule has 2 aliphatic heterocycles. The Morgan fingerprint density at radius 3 is 2.43 bits per heavy atom. The fourth-order valence-corrected chi connectivity index (χ4v) is 4.54. The first-order chi connectivity index (χ1) is 14.5. The molecule has 30 heavy (non-hydrogen) atoms. The number of fused-ring (bicyclic) bond motifs is 1. The van der Waals surface area contributed by atoms with E-state index in [-0.39, 0.29) is 0 Å². The molecular formula is C22H25N3O4S. The number of aliphatic imine (C=N–C) groups is 1. The highest BCUT2D eigenvalue weighted by Crippen LogP contribution is 2.39. The summed E-state index contributed by atoms with van der Waals surface area (Å²) in [4.78, 5) is 6.64. The van der Waals surface area contributed by atoms with E-state index in [2.05, 4.69) is 5.32 Å². The molecule has 0 aliphatic carbocycles. The van der Waals surface area contributed by atoms with Crippen molar-refractivity contribution in [3.63, 3.8) is 0 Å². The molecule has 0 bridgehead atoms. The number of amidine groups is 1. The van der Waals surface area contributed by atoms with Crippen LogP contribution in [0.2, 0.25) is 0 Å². The Morgan fingerprint density at radius 2 is 1.77 bits per heavy atom. The minimum atomic E-state index is -1.53. The average molecular weight is 428 g/mol. The summed E-state index contributed by atoms with van der Waals surface area (Å²) in [6.07, 6.45) is -5.55. The number of aliphatic hydroxyl groups is 4. The quantitative estimate of drug-likeness (QED) is 0.474. The number of hydrogen-bond donors (Lipinski definition) is 5. The Bertz CT molecular complexity index is 935. The average Bonchev–Trinajstić information content (AvgIpc) is 3.22. The molecule has 7 nitrogen and oxygen atoms in total. The lowest BCUT2D eigenvalue weighted by Gasteiger charge is -2.42. The zero-order valence-electron chi connectivity index (χ0n) is 16.5. The van der Waals surface area contributed by atoms with Crippen LogP contribution in [0, 0.1) is 6.92 Å². The number of rotatable bonds is 6. The smallest absolute Gasteiger partial charge is 0.171 e. The zero-order chi connectivity index (χ0) is 21.3. The summed E-state index contributed by atoms with van der Waals surface area (Å²) >= 11 is 1.45. The summed E-state index contributed by atoms with van der Waals surface area (Å²) in [6, 6.07) is 17.6. The molecule has 2 aromatic carbocycles. The number of aryl methyl sites for hydroxylation is 1. The van der Waals surface area contributed by atoms with E-state index in [0.29, 0.717) is 5.17 Å². The number of nitrogens with zero attached hydrogens (tertiary/aromatic N) is 2. The highest BCUT2D eigenvalue weighted by atomic mass is 32.2. The molecule has 5 N–H and O–H groups in total. The van der Waals surface area contributed by atoms with E-state index in [1.807, 2.05) is 71.8 Å². The van der Waals surface area contributed by atoms with Gasteiger partial charge in [-0.3, -0.25) is 5.32 Å². The van der Waals surface area contributed by atoms with E-state index < -0.39 is 37.3 Å². The Labute approximate surface area is 179 Å². The van der Waals surface area contributed by atoms with E-state index in [9.17, 15) is 20.4 Å². The van der Waals surface area contributed by atoms with Crippen molar-refractivity contribution in [2.45, 2.75) is 37.6 Å². The van der Waals surface area contributed by atoms with Gasteiger partial charge in [0.1, 0.15) is 30.6 Å². The molecular weight excluding hydrogens is 402 g/mol. The molecule has 0 spiro atoms. The first-order valence-corrected chi connectivity index (χ1v) is 10.6. The second-order valence-corrected chi connectivity index (χ2v) is 8.26. The molecule has 0 aromatic heterocycles. The van der Waals surface area contributed by atoms with Crippen LogP contribution in [0.4, 0.5) is 0 Å². The fourth-order valence-electron chi connectivity index (χ4n) is 3.58. The second-order valence-electron chi connectivity index (χ2n) is 7.42. The van der Waals surface area contributed by atoms with Gasteiger partial charge in [-0.25, -0.2) is 4.99 Å². The van der Waals surface area contributed by atoms with Crippen LogP contribution in [0.5, 0.6) is 0 Å². The lowest BCUT2D eigenvalue weighted by Crippen LogP contribution is -2.61. The molecule has 4 rings (SSSR count). The number of thioether (sulfide) groups is 1. The van der Waals surface area contributed by atoms with Crippen molar-refractivity contribution >= 4 is 22.6 Å². The normalized spacial score (nSPS) is 24.0. The third-order valence-corrected chi connectivity index (χ3v) is 6.16. The SMILES string of the molecule is Cc1ccc(C2=CSC3=N[C@H](c4ccccc4)N[C@H]([C@H](O)[C@H](O)[C@H](O)CO)N23)cc1. The maximum Gasteiger partial charge on any atom is 0.171 e. The number of aliphatic hydroxyl groups excluding tert-OH is 4. The first-order valence-electron chi connectivity index (χ1n) is 9.76. The van der Waals surface area contributed by atoms with E-state index in [1.165, 1.54) is 11.8 Å². The monoisotopic (exact) mass is 427 g/mol. The Morgan fingerprint density at radius 1 is 1.07 bits per heavy atom. The van der Waals surface area contributed by atoms with E-state index in [4.69, 9.17) is 4.99 Å². The maximum atomic E-state index is 10.9. The predicted molar refractivity (Wildman–Crippen MR) is 117 cm³/mol. The van der Waals surface area contributed by atoms with Crippen LogP contribution in [-0.2, 0) is 0 Å². The van der Waals surface area contributed by atoms with Crippen LogP contribution < -0.4 is 5.32 Å². The minimum Gasteiger partial charge on any atom is -0.394 e.